The van der Waals surface area contributed by atoms with Gasteiger partial charge in [0.2, 0.25) is 11.4 Å². The van der Waals surface area contributed by atoms with Crippen LogP contribution in [0.5, 0.6) is 0 Å². The van der Waals surface area contributed by atoms with Crippen LogP contribution < -0.4 is 4.57 Å². The molecule has 0 unspecified atom stereocenters. The van der Waals surface area contributed by atoms with E-state index in [1.165, 1.54) is 22.3 Å². The van der Waals surface area contributed by atoms with Crippen LogP contribution in [0.3, 0.4) is 0 Å². The summed E-state index contributed by atoms with van der Waals surface area (Å²) in [5.74, 6) is 0. The number of furan rings is 1. The standard InChI is InChI=1S/C26H23N2O/c1-16-7-11-19(12-8-16)20-6-5-15-28(4)24(20)23-17(2)9-13-21-22-14-10-18(3)27-26(22)29-25(21)23/h5-15H,1-4H3/q+1. The first kappa shape index (κ1) is 17.6. The first-order valence-electron chi connectivity index (χ1n) is 9.88. The quantitative estimate of drug-likeness (QED) is 0.349. The predicted octanol–water partition coefficient (Wildman–Crippen LogP) is 6.06. The van der Waals surface area contributed by atoms with Crippen molar-refractivity contribution in [2.45, 2.75) is 20.8 Å². The van der Waals surface area contributed by atoms with Gasteiger partial charge in [0.25, 0.3) is 0 Å². The second-order valence-electron chi connectivity index (χ2n) is 7.79. The van der Waals surface area contributed by atoms with Crippen LogP contribution in [-0.2, 0) is 7.05 Å². The molecule has 0 atom stereocenters. The van der Waals surface area contributed by atoms with E-state index in [9.17, 15) is 0 Å². The lowest BCUT2D eigenvalue weighted by molar-refractivity contribution is -0.659. The fraction of sp³-hybridized carbons (Fsp3) is 0.154. The van der Waals surface area contributed by atoms with Gasteiger partial charge in [0, 0.05) is 22.5 Å². The van der Waals surface area contributed by atoms with Crippen LogP contribution in [0.4, 0.5) is 0 Å². The normalized spacial score (nSPS) is 11.4. The monoisotopic (exact) mass is 379 g/mol. The molecule has 0 aliphatic rings. The van der Waals surface area contributed by atoms with Gasteiger partial charge in [-0.15, -0.1) is 0 Å². The maximum Gasteiger partial charge on any atom is 0.227 e. The third-order valence-electron chi connectivity index (χ3n) is 5.63. The third-order valence-corrected chi connectivity index (χ3v) is 5.63. The third kappa shape index (κ3) is 2.82. The molecule has 3 aromatic heterocycles. The minimum atomic E-state index is 0.697. The van der Waals surface area contributed by atoms with Gasteiger partial charge in [-0.2, -0.15) is 0 Å². The molecule has 2 aromatic carbocycles. The number of fused-ring (bicyclic) bond motifs is 3. The first-order chi connectivity index (χ1) is 14.0. The second kappa shape index (κ2) is 6.56. The van der Waals surface area contributed by atoms with Gasteiger partial charge in [-0.05, 0) is 50.1 Å². The summed E-state index contributed by atoms with van der Waals surface area (Å²) in [5, 5.41) is 2.16. The van der Waals surface area contributed by atoms with Crippen molar-refractivity contribution in [1.29, 1.82) is 0 Å². The summed E-state index contributed by atoms with van der Waals surface area (Å²) < 4.78 is 8.52. The Morgan fingerprint density at radius 1 is 0.828 bits per heavy atom. The summed E-state index contributed by atoms with van der Waals surface area (Å²) in [4.78, 5) is 4.62. The highest BCUT2D eigenvalue weighted by atomic mass is 16.3. The number of rotatable bonds is 2. The van der Waals surface area contributed by atoms with Crippen LogP contribution in [0, 0.1) is 20.8 Å². The zero-order chi connectivity index (χ0) is 20.1. The van der Waals surface area contributed by atoms with Gasteiger partial charge in [-0.3, -0.25) is 0 Å². The van der Waals surface area contributed by atoms with Crippen LogP contribution in [0.2, 0.25) is 0 Å². The lowest BCUT2D eigenvalue weighted by Gasteiger charge is -2.11. The number of pyridine rings is 2. The lowest BCUT2D eigenvalue weighted by Crippen LogP contribution is -2.31. The van der Waals surface area contributed by atoms with Crippen molar-refractivity contribution in [2.24, 2.45) is 7.05 Å². The fourth-order valence-corrected chi connectivity index (χ4v) is 4.09. The molecule has 5 aromatic rings. The summed E-state index contributed by atoms with van der Waals surface area (Å²) in [6.45, 7) is 6.25. The Morgan fingerprint density at radius 3 is 2.38 bits per heavy atom. The summed E-state index contributed by atoms with van der Waals surface area (Å²) >= 11 is 0. The minimum absolute atomic E-state index is 0.697. The summed E-state index contributed by atoms with van der Waals surface area (Å²) in [5.41, 5.74) is 9.65. The number of aromatic nitrogens is 2. The molecule has 0 fully saturated rings. The van der Waals surface area contributed by atoms with E-state index >= 15 is 0 Å². The Labute approximate surface area is 170 Å². The van der Waals surface area contributed by atoms with Gasteiger partial charge in [-0.25, -0.2) is 9.55 Å². The van der Waals surface area contributed by atoms with E-state index in [2.05, 4.69) is 91.2 Å². The van der Waals surface area contributed by atoms with Gasteiger partial charge in [0.1, 0.15) is 7.05 Å². The number of nitrogens with zero attached hydrogens (tertiary/aromatic N) is 2. The Balaban J connectivity index is 1.88. The molecule has 3 nitrogen and oxygen atoms in total. The Morgan fingerprint density at radius 2 is 1.59 bits per heavy atom. The zero-order valence-electron chi connectivity index (χ0n) is 17.2. The van der Waals surface area contributed by atoms with Gasteiger partial charge in [0.15, 0.2) is 11.8 Å². The molecule has 3 heteroatoms. The van der Waals surface area contributed by atoms with Gasteiger partial charge in [0.05, 0.1) is 11.1 Å². The highest BCUT2D eigenvalue weighted by Gasteiger charge is 2.24. The van der Waals surface area contributed by atoms with Crippen LogP contribution in [0.15, 0.2) is 71.3 Å². The summed E-state index contributed by atoms with van der Waals surface area (Å²) in [7, 11) is 2.09. The lowest BCUT2D eigenvalue weighted by atomic mass is 9.94. The number of aryl methyl sites for hydroxylation is 4. The molecule has 142 valence electrons. The second-order valence-corrected chi connectivity index (χ2v) is 7.79. The van der Waals surface area contributed by atoms with E-state index in [0.29, 0.717) is 5.71 Å². The first-order valence-corrected chi connectivity index (χ1v) is 9.88. The maximum absolute atomic E-state index is 6.34. The van der Waals surface area contributed by atoms with Crippen molar-refractivity contribution in [3.8, 4) is 22.4 Å². The van der Waals surface area contributed by atoms with E-state index in [1.54, 1.807) is 0 Å². The van der Waals surface area contributed by atoms with E-state index in [1.807, 2.05) is 13.0 Å². The van der Waals surface area contributed by atoms with Crippen molar-refractivity contribution >= 4 is 22.1 Å². The number of hydrogen-bond donors (Lipinski definition) is 0. The van der Waals surface area contributed by atoms with E-state index in [0.717, 1.165) is 33.3 Å². The average molecular weight is 379 g/mol. The van der Waals surface area contributed by atoms with Crippen molar-refractivity contribution < 1.29 is 8.98 Å². The van der Waals surface area contributed by atoms with Crippen molar-refractivity contribution in [2.75, 3.05) is 0 Å². The van der Waals surface area contributed by atoms with E-state index in [-0.39, 0.29) is 0 Å². The molecule has 0 saturated carbocycles. The molecule has 0 amide bonds. The smallest absolute Gasteiger partial charge is 0.227 e. The Bertz CT molecular complexity index is 1380. The van der Waals surface area contributed by atoms with Gasteiger partial charge < -0.3 is 4.42 Å². The van der Waals surface area contributed by atoms with Crippen LogP contribution in [0.25, 0.3) is 44.5 Å². The van der Waals surface area contributed by atoms with Crippen molar-refractivity contribution in [3.05, 3.63) is 83.7 Å². The van der Waals surface area contributed by atoms with Crippen LogP contribution >= 0.6 is 0 Å². The van der Waals surface area contributed by atoms with E-state index in [4.69, 9.17) is 4.42 Å². The minimum Gasteiger partial charge on any atom is -0.437 e. The molecular weight excluding hydrogens is 356 g/mol. The zero-order valence-corrected chi connectivity index (χ0v) is 17.2. The molecule has 29 heavy (non-hydrogen) atoms. The molecule has 0 radical (unpaired) electrons. The molecule has 0 bridgehead atoms. The average Bonchev–Trinajstić information content (AvgIpc) is 3.06. The predicted molar refractivity (Wildman–Crippen MR) is 118 cm³/mol. The van der Waals surface area contributed by atoms with Crippen molar-refractivity contribution in [3.63, 3.8) is 0 Å². The van der Waals surface area contributed by atoms with Crippen molar-refractivity contribution in [1.82, 2.24) is 4.98 Å². The molecule has 0 spiro atoms. The molecule has 0 aliphatic carbocycles. The number of benzene rings is 2. The topological polar surface area (TPSA) is 29.9 Å². The van der Waals surface area contributed by atoms with E-state index < -0.39 is 0 Å². The molecule has 0 N–H and O–H groups in total. The van der Waals surface area contributed by atoms with Gasteiger partial charge >= 0.3 is 0 Å². The Hall–Kier alpha value is -3.46. The van der Waals surface area contributed by atoms with Crippen LogP contribution in [0.1, 0.15) is 16.8 Å². The SMILES string of the molecule is Cc1ccc(-c2ccc[n+](C)c2-c2c(C)ccc3c2oc2nc(C)ccc23)cc1. The highest BCUT2D eigenvalue weighted by molar-refractivity contribution is 6.09. The van der Waals surface area contributed by atoms with Crippen LogP contribution in [-0.4, -0.2) is 4.98 Å². The summed E-state index contributed by atoms with van der Waals surface area (Å²) in [6, 6.07) is 21.4. The molecule has 3 heterocycles. The fourth-order valence-electron chi connectivity index (χ4n) is 4.09. The molecule has 0 saturated heterocycles. The molecule has 0 aliphatic heterocycles. The highest BCUT2D eigenvalue weighted by Crippen LogP contribution is 2.39. The molecule has 5 rings (SSSR count). The molecular formula is C26H23N2O+. The number of hydrogen-bond acceptors (Lipinski definition) is 2. The summed E-state index contributed by atoms with van der Waals surface area (Å²) in [6.07, 6.45) is 2.09. The maximum atomic E-state index is 6.34. The Kier molecular flexibility index (Phi) is 3.99. The largest absolute Gasteiger partial charge is 0.437 e. The van der Waals surface area contributed by atoms with Gasteiger partial charge in [-0.1, -0.05) is 42.0 Å².